The van der Waals surface area contributed by atoms with Crippen LogP contribution in [0.15, 0.2) is 43.0 Å². The highest BCUT2D eigenvalue weighted by molar-refractivity contribution is 5.93. The largest absolute Gasteiger partial charge is 0.457 e. The number of carbonyl (C=O) groups excluding carboxylic acids is 1. The number of aromatic nitrogens is 3. The van der Waals surface area contributed by atoms with Crippen LogP contribution >= 0.6 is 0 Å². The van der Waals surface area contributed by atoms with Gasteiger partial charge in [-0.3, -0.25) is 9.88 Å². The summed E-state index contributed by atoms with van der Waals surface area (Å²) in [6, 6.07) is 7.65. The predicted molar refractivity (Wildman–Crippen MR) is 112 cm³/mol. The van der Waals surface area contributed by atoms with Crippen molar-refractivity contribution in [1.29, 1.82) is 5.26 Å². The van der Waals surface area contributed by atoms with Crippen LogP contribution in [0.4, 0.5) is 0 Å². The minimum Gasteiger partial charge on any atom is -0.457 e. The lowest BCUT2D eigenvalue weighted by Gasteiger charge is -2.21. The van der Waals surface area contributed by atoms with Gasteiger partial charge in [-0.2, -0.15) is 10.4 Å². The SMILES string of the molecule is Cc1c(CCN(CCO)Cc2cnn(-c3cncc(C#N)c3)c2)ccc2c1COC2=O. The van der Waals surface area contributed by atoms with Gasteiger partial charge >= 0.3 is 5.97 Å². The smallest absolute Gasteiger partial charge is 0.338 e. The van der Waals surface area contributed by atoms with Gasteiger partial charge in [0, 0.05) is 43.2 Å². The van der Waals surface area contributed by atoms with Crippen LogP contribution in [0.25, 0.3) is 5.69 Å². The average Bonchev–Trinajstić information content (AvgIpc) is 3.40. The molecule has 8 heteroatoms. The molecule has 3 aromatic rings. The van der Waals surface area contributed by atoms with Gasteiger partial charge in [0.15, 0.2) is 0 Å². The molecule has 0 saturated heterocycles. The maximum Gasteiger partial charge on any atom is 0.338 e. The van der Waals surface area contributed by atoms with Crippen molar-refractivity contribution in [1.82, 2.24) is 19.7 Å². The summed E-state index contributed by atoms with van der Waals surface area (Å²) in [5, 5.41) is 22.9. The van der Waals surface area contributed by atoms with E-state index in [1.165, 1.54) is 11.8 Å². The van der Waals surface area contributed by atoms with Crippen molar-refractivity contribution in [3.05, 3.63) is 76.4 Å². The van der Waals surface area contributed by atoms with Crippen LogP contribution < -0.4 is 0 Å². The Kier molecular flexibility index (Phi) is 6.07. The van der Waals surface area contributed by atoms with Gasteiger partial charge in [-0.05, 0) is 36.6 Å². The van der Waals surface area contributed by atoms with Crippen LogP contribution in [0.3, 0.4) is 0 Å². The molecule has 0 unspecified atom stereocenters. The van der Waals surface area contributed by atoms with Crippen LogP contribution in [0.1, 0.15) is 38.2 Å². The number of pyridine rings is 1. The van der Waals surface area contributed by atoms with Gasteiger partial charge in [0.2, 0.25) is 0 Å². The molecule has 0 aliphatic carbocycles. The molecule has 1 aliphatic rings. The minimum absolute atomic E-state index is 0.0633. The third-order valence-corrected chi connectivity index (χ3v) is 5.55. The highest BCUT2D eigenvalue weighted by atomic mass is 16.5. The van der Waals surface area contributed by atoms with Crippen molar-refractivity contribution in [2.45, 2.75) is 26.5 Å². The lowest BCUT2D eigenvalue weighted by molar-refractivity contribution is 0.0535. The Morgan fingerprint density at radius 1 is 1.29 bits per heavy atom. The molecule has 0 bridgehead atoms. The monoisotopic (exact) mass is 417 g/mol. The fraction of sp³-hybridized carbons (Fsp3) is 0.304. The maximum atomic E-state index is 11.7. The van der Waals surface area contributed by atoms with Crippen molar-refractivity contribution in [2.75, 3.05) is 19.7 Å². The minimum atomic E-state index is -0.251. The van der Waals surface area contributed by atoms with Crippen LogP contribution in [0, 0.1) is 18.3 Å². The topological polar surface area (TPSA) is 104 Å². The van der Waals surface area contributed by atoms with E-state index in [9.17, 15) is 9.90 Å². The highest BCUT2D eigenvalue weighted by Gasteiger charge is 2.23. The van der Waals surface area contributed by atoms with Gasteiger partial charge in [-0.15, -0.1) is 0 Å². The fourth-order valence-electron chi connectivity index (χ4n) is 3.81. The summed E-state index contributed by atoms with van der Waals surface area (Å²) in [6.07, 6.45) is 7.67. The number of hydrogen-bond acceptors (Lipinski definition) is 7. The number of benzene rings is 1. The number of hydrogen-bond donors (Lipinski definition) is 1. The Morgan fingerprint density at radius 3 is 2.97 bits per heavy atom. The zero-order valence-electron chi connectivity index (χ0n) is 17.3. The van der Waals surface area contributed by atoms with Crippen molar-refractivity contribution in [3.8, 4) is 11.8 Å². The van der Waals surface area contributed by atoms with Crippen LogP contribution in [-0.4, -0.2) is 50.4 Å². The molecule has 8 nitrogen and oxygen atoms in total. The number of carbonyl (C=O) groups is 1. The Hall–Kier alpha value is -3.54. The Bertz CT molecular complexity index is 1150. The Morgan fingerprint density at radius 2 is 2.16 bits per heavy atom. The number of ether oxygens (including phenoxy) is 1. The molecule has 0 atom stereocenters. The zero-order valence-corrected chi connectivity index (χ0v) is 17.3. The van der Waals surface area contributed by atoms with E-state index in [4.69, 9.17) is 10.00 Å². The third-order valence-electron chi connectivity index (χ3n) is 5.55. The summed E-state index contributed by atoms with van der Waals surface area (Å²) in [6.45, 7) is 4.37. The molecule has 0 saturated carbocycles. The van der Waals surface area contributed by atoms with Crippen LogP contribution in [0.2, 0.25) is 0 Å². The van der Waals surface area contributed by atoms with Gasteiger partial charge < -0.3 is 9.84 Å². The molecule has 1 aromatic carbocycles. The summed E-state index contributed by atoms with van der Waals surface area (Å²) < 4.78 is 6.84. The number of rotatable bonds is 8. The van der Waals surface area contributed by atoms with Gasteiger partial charge in [-0.1, -0.05) is 6.07 Å². The van der Waals surface area contributed by atoms with E-state index in [1.807, 2.05) is 25.3 Å². The summed E-state index contributed by atoms with van der Waals surface area (Å²) in [4.78, 5) is 18.0. The first-order valence-corrected chi connectivity index (χ1v) is 10.1. The quantitative estimate of drug-likeness (QED) is 0.560. The molecular formula is C23H23N5O3. The molecule has 0 fully saturated rings. The number of aliphatic hydroxyl groups excluding tert-OH is 1. The second-order valence-corrected chi connectivity index (χ2v) is 7.54. The normalized spacial score (nSPS) is 12.6. The molecule has 1 aliphatic heterocycles. The molecule has 1 N–H and O–H groups in total. The van der Waals surface area contributed by atoms with E-state index in [-0.39, 0.29) is 12.6 Å². The molecule has 4 rings (SSSR count). The fourth-order valence-corrected chi connectivity index (χ4v) is 3.81. The second kappa shape index (κ2) is 9.08. The summed E-state index contributed by atoms with van der Waals surface area (Å²) in [5.74, 6) is -0.251. The number of esters is 1. The molecule has 0 radical (unpaired) electrons. The standard InChI is InChI=1S/C23H23N5O3/c1-16-19(2-3-21-22(16)15-31-23(21)30)4-5-27(6-7-29)13-18-11-26-28(14-18)20-8-17(9-24)10-25-12-20/h2-3,8,10-12,14,29H,4-7,13,15H2,1H3. The van der Waals surface area contributed by atoms with Crippen molar-refractivity contribution in [2.24, 2.45) is 0 Å². The van der Waals surface area contributed by atoms with Gasteiger partial charge in [0.05, 0.1) is 35.8 Å². The van der Waals surface area contributed by atoms with Crippen LogP contribution in [0.5, 0.6) is 0 Å². The number of nitrogens with zero attached hydrogens (tertiary/aromatic N) is 5. The molecule has 0 amide bonds. The highest BCUT2D eigenvalue weighted by Crippen LogP contribution is 2.26. The molecule has 31 heavy (non-hydrogen) atoms. The van der Waals surface area contributed by atoms with Gasteiger partial charge in [0.25, 0.3) is 0 Å². The van der Waals surface area contributed by atoms with Gasteiger partial charge in [0.1, 0.15) is 12.7 Å². The molecule has 0 spiro atoms. The first kappa shape index (κ1) is 20.7. The first-order chi connectivity index (χ1) is 15.1. The van der Waals surface area contributed by atoms with Crippen molar-refractivity contribution >= 4 is 5.97 Å². The van der Waals surface area contributed by atoms with E-state index in [0.29, 0.717) is 30.8 Å². The van der Waals surface area contributed by atoms with Crippen molar-refractivity contribution < 1.29 is 14.6 Å². The number of aliphatic hydroxyl groups is 1. The molecule has 158 valence electrons. The van der Waals surface area contributed by atoms with E-state index in [1.54, 1.807) is 23.1 Å². The maximum absolute atomic E-state index is 11.7. The Labute approximate surface area is 180 Å². The van der Waals surface area contributed by atoms with Crippen molar-refractivity contribution in [3.63, 3.8) is 0 Å². The third kappa shape index (κ3) is 4.48. The average molecular weight is 417 g/mol. The van der Waals surface area contributed by atoms with E-state index < -0.39 is 0 Å². The van der Waals surface area contributed by atoms with E-state index in [2.05, 4.69) is 21.1 Å². The van der Waals surface area contributed by atoms with Gasteiger partial charge in [-0.25, -0.2) is 9.48 Å². The lowest BCUT2D eigenvalue weighted by Crippen LogP contribution is -2.28. The summed E-state index contributed by atoms with van der Waals surface area (Å²) in [7, 11) is 0. The van der Waals surface area contributed by atoms with E-state index in [0.717, 1.165) is 35.3 Å². The predicted octanol–water partition coefficient (Wildman–Crippen LogP) is 2.15. The second-order valence-electron chi connectivity index (χ2n) is 7.54. The molecule has 3 heterocycles. The molecule has 2 aromatic heterocycles. The Balaban J connectivity index is 1.44. The lowest BCUT2D eigenvalue weighted by atomic mass is 9.96. The summed E-state index contributed by atoms with van der Waals surface area (Å²) in [5.41, 5.74) is 6.12. The van der Waals surface area contributed by atoms with E-state index >= 15 is 0 Å². The first-order valence-electron chi connectivity index (χ1n) is 10.1. The number of cyclic esters (lactones) is 1. The number of nitriles is 1. The number of fused-ring (bicyclic) bond motifs is 1. The summed E-state index contributed by atoms with van der Waals surface area (Å²) >= 11 is 0. The van der Waals surface area contributed by atoms with Crippen LogP contribution in [-0.2, 0) is 24.3 Å². The zero-order chi connectivity index (χ0) is 21.8. The molecular weight excluding hydrogens is 394 g/mol.